The van der Waals surface area contributed by atoms with Gasteiger partial charge in [-0.15, -0.1) is 0 Å². The van der Waals surface area contributed by atoms with E-state index in [4.69, 9.17) is 9.26 Å². The van der Waals surface area contributed by atoms with E-state index in [0.717, 1.165) is 25.1 Å². The van der Waals surface area contributed by atoms with Gasteiger partial charge in [0.05, 0.1) is 11.7 Å². The van der Waals surface area contributed by atoms with Gasteiger partial charge >= 0.3 is 0 Å². The molecule has 0 radical (unpaired) electrons. The first-order valence-electron chi connectivity index (χ1n) is 9.02. The minimum atomic E-state index is -0.00262. The van der Waals surface area contributed by atoms with Crippen molar-refractivity contribution < 1.29 is 9.26 Å². The first kappa shape index (κ1) is 17.3. The number of fused-ring (bicyclic) bond motifs is 1. The number of aromatic nitrogens is 2. The Labute approximate surface area is 157 Å². The van der Waals surface area contributed by atoms with Crippen LogP contribution in [0.25, 0.3) is 22.8 Å². The number of rotatable bonds is 4. The molecule has 0 aliphatic carbocycles. The zero-order valence-electron chi connectivity index (χ0n) is 15.3. The second-order valence-corrected chi connectivity index (χ2v) is 6.82. The summed E-state index contributed by atoms with van der Waals surface area (Å²) in [6.45, 7) is 5.73. The number of hydrogen-bond acceptors (Lipinski definition) is 6. The SMILES string of the molecule is CC(C)Oc1ccc(-c2nc(-c3ccc4c(c3)CCNC4)no2)cc1C#N. The van der Waals surface area contributed by atoms with Gasteiger partial charge in [-0.2, -0.15) is 10.2 Å². The fourth-order valence-corrected chi connectivity index (χ4v) is 3.18. The van der Waals surface area contributed by atoms with Crippen molar-refractivity contribution in [1.82, 2.24) is 15.5 Å². The van der Waals surface area contributed by atoms with Crippen molar-refractivity contribution in [2.24, 2.45) is 0 Å². The second kappa shape index (κ2) is 7.22. The molecule has 27 heavy (non-hydrogen) atoms. The van der Waals surface area contributed by atoms with Gasteiger partial charge in [0.1, 0.15) is 11.8 Å². The first-order chi connectivity index (χ1) is 13.1. The van der Waals surface area contributed by atoms with Crippen molar-refractivity contribution in [2.45, 2.75) is 32.9 Å². The monoisotopic (exact) mass is 360 g/mol. The van der Waals surface area contributed by atoms with Crippen LogP contribution in [0.2, 0.25) is 0 Å². The first-order valence-corrected chi connectivity index (χ1v) is 9.02. The molecule has 1 aliphatic heterocycles. The summed E-state index contributed by atoms with van der Waals surface area (Å²) in [6.07, 6.45) is 0.994. The van der Waals surface area contributed by atoms with E-state index in [1.54, 1.807) is 12.1 Å². The topological polar surface area (TPSA) is 84.0 Å². The van der Waals surface area contributed by atoms with Crippen molar-refractivity contribution in [1.29, 1.82) is 5.26 Å². The maximum absolute atomic E-state index is 9.40. The molecule has 4 rings (SSSR count). The molecule has 1 N–H and O–H groups in total. The fraction of sp³-hybridized carbons (Fsp3) is 0.286. The Kier molecular flexibility index (Phi) is 4.61. The summed E-state index contributed by atoms with van der Waals surface area (Å²) in [5, 5.41) is 16.9. The average Bonchev–Trinajstić information content (AvgIpc) is 3.17. The molecule has 3 aromatic rings. The maximum atomic E-state index is 9.40. The Morgan fingerprint density at radius 2 is 2.00 bits per heavy atom. The van der Waals surface area contributed by atoms with E-state index >= 15 is 0 Å². The molecule has 6 heteroatoms. The van der Waals surface area contributed by atoms with E-state index in [0.29, 0.717) is 28.6 Å². The molecule has 2 heterocycles. The third kappa shape index (κ3) is 3.55. The van der Waals surface area contributed by atoms with Crippen LogP contribution in [0.1, 0.15) is 30.5 Å². The van der Waals surface area contributed by atoms with Crippen LogP contribution in [-0.4, -0.2) is 22.8 Å². The molecule has 0 bridgehead atoms. The van der Waals surface area contributed by atoms with E-state index in [1.807, 2.05) is 26.0 Å². The highest BCUT2D eigenvalue weighted by Gasteiger charge is 2.16. The summed E-state index contributed by atoms with van der Waals surface area (Å²) < 4.78 is 11.1. The Bertz CT molecular complexity index is 1020. The van der Waals surface area contributed by atoms with E-state index in [1.165, 1.54) is 11.1 Å². The van der Waals surface area contributed by atoms with Crippen LogP contribution in [0.4, 0.5) is 0 Å². The summed E-state index contributed by atoms with van der Waals surface area (Å²) in [7, 11) is 0. The summed E-state index contributed by atoms with van der Waals surface area (Å²) in [5.41, 5.74) is 4.71. The zero-order chi connectivity index (χ0) is 18.8. The molecule has 0 saturated heterocycles. The maximum Gasteiger partial charge on any atom is 0.258 e. The Balaban J connectivity index is 1.64. The number of benzene rings is 2. The number of nitriles is 1. The van der Waals surface area contributed by atoms with E-state index in [2.05, 4.69) is 33.7 Å². The Hall–Kier alpha value is -3.17. The quantitative estimate of drug-likeness (QED) is 0.763. The zero-order valence-corrected chi connectivity index (χ0v) is 15.3. The molecular formula is C21H20N4O2. The van der Waals surface area contributed by atoms with Gasteiger partial charge in [0.25, 0.3) is 5.89 Å². The highest BCUT2D eigenvalue weighted by Crippen LogP contribution is 2.28. The lowest BCUT2D eigenvalue weighted by atomic mass is 9.98. The number of nitrogens with one attached hydrogen (secondary N) is 1. The average molecular weight is 360 g/mol. The predicted octanol–water partition coefficient (Wildman–Crippen LogP) is 3.71. The van der Waals surface area contributed by atoms with Crippen LogP contribution in [0.5, 0.6) is 5.75 Å². The highest BCUT2D eigenvalue weighted by atomic mass is 16.5. The van der Waals surface area contributed by atoms with Gasteiger partial charge in [-0.3, -0.25) is 0 Å². The molecule has 0 fully saturated rings. The highest BCUT2D eigenvalue weighted by molar-refractivity contribution is 5.64. The normalized spacial score (nSPS) is 13.3. The van der Waals surface area contributed by atoms with Gasteiger partial charge in [0.2, 0.25) is 5.82 Å². The van der Waals surface area contributed by atoms with Gasteiger partial charge in [-0.25, -0.2) is 0 Å². The molecule has 1 aromatic heterocycles. The van der Waals surface area contributed by atoms with Gasteiger partial charge < -0.3 is 14.6 Å². The van der Waals surface area contributed by atoms with Gasteiger partial charge in [0.15, 0.2) is 0 Å². The van der Waals surface area contributed by atoms with Crippen molar-refractivity contribution in [2.75, 3.05) is 6.54 Å². The van der Waals surface area contributed by atoms with Gasteiger partial charge in [-0.1, -0.05) is 17.3 Å². The minimum Gasteiger partial charge on any atom is -0.490 e. The molecule has 1 aliphatic rings. The lowest BCUT2D eigenvalue weighted by molar-refractivity contribution is 0.242. The molecular weight excluding hydrogens is 340 g/mol. The number of ether oxygens (including phenoxy) is 1. The molecule has 0 spiro atoms. The van der Waals surface area contributed by atoms with E-state index in [-0.39, 0.29) is 6.10 Å². The van der Waals surface area contributed by atoms with Crippen LogP contribution in [0.3, 0.4) is 0 Å². The standard InChI is InChI=1S/C21H20N4O2/c1-13(2)26-19-6-5-16(10-18(19)11-22)21-24-20(25-27-21)15-3-4-17-12-23-8-7-14(17)9-15/h3-6,9-10,13,23H,7-8,12H2,1-2H3. The van der Waals surface area contributed by atoms with Crippen LogP contribution in [0.15, 0.2) is 40.9 Å². The van der Waals surface area contributed by atoms with E-state index in [9.17, 15) is 5.26 Å². The van der Waals surface area contributed by atoms with Crippen LogP contribution in [-0.2, 0) is 13.0 Å². The summed E-state index contributed by atoms with van der Waals surface area (Å²) in [6, 6.07) is 13.7. The van der Waals surface area contributed by atoms with Crippen LogP contribution >= 0.6 is 0 Å². The summed E-state index contributed by atoms with van der Waals surface area (Å²) in [4.78, 5) is 4.52. The second-order valence-electron chi connectivity index (χ2n) is 6.82. The third-order valence-electron chi connectivity index (χ3n) is 4.49. The third-order valence-corrected chi connectivity index (χ3v) is 4.49. The van der Waals surface area contributed by atoms with Crippen molar-refractivity contribution in [3.63, 3.8) is 0 Å². The molecule has 6 nitrogen and oxygen atoms in total. The molecule has 0 atom stereocenters. The van der Waals surface area contributed by atoms with Crippen molar-refractivity contribution >= 4 is 0 Å². The van der Waals surface area contributed by atoms with Crippen molar-refractivity contribution in [3.8, 4) is 34.7 Å². The minimum absolute atomic E-state index is 0.00262. The lowest BCUT2D eigenvalue weighted by Crippen LogP contribution is -2.23. The van der Waals surface area contributed by atoms with Gasteiger partial charge in [-0.05, 0) is 62.2 Å². The smallest absolute Gasteiger partial charge is 0.258 e. The fourth-order valence-electron chi connectivity index (χ4n) is 3.18. The summed E-state index contributed by atoms with van der Waals surface area (Å²) >= 11 is 0. The predicted molar refractivity (Wildman–Crippen MR) is 101 cm³/mol. The molecule has 0 saturated carbocycles. The molecule has 0 amide bonds. The van der Waals surface area contributed by atoms with Crippen LogP contribution in [0, 0.1) is 11.3 Å². The molecule has 136 valence electrons. The number of nitrogens with zero attached hydrogens (tertiary/aromatic N) is 3. The molecule has 2 aromatic carbocycles. The lowest BCUT2D eigenvalue weighted by Gasteiger charge is -2.17. The summed E-state index contributed by atoms with van der Waals surface area (Å²) in [5.74, 6) is 1.49. The molecule has 0 unspecified atom stereocenters. The number of hydrogen-bond donors (Lipinski definition) is 1. The largest absolute Gasteiger partial charge is 0.490 e. The van der Waals surface area contributed by atoms with Crippen LogP contribution < -0.4 is 10.1 Å². The Morgan fingerprint density at radius 1 is 1.15 bits per heavy atom. The van der Waals surface area contributed by atoms with E-state index < -0.39 is 0 Å². The van der Waals surface area contributed by atoms with Gasteiger partial charge in [0, 0.05) is 17.7 Å². The van der Waals surface area contributed by atoms with Crippen molar-refractivity contribution in [3.05, 3.63) is 53.1 Å². The Morgan fingerprint density at radius 3 is 2.81 bits per heavy atom.